The number of hydrogen-bond donors (Lipinski definition) is 1. The van der Waals surface area contributed by atoms with Gasteiger partial charge in [-0.2, -0.15) is 13.2 Å². The van der Waals surface area contributed by atoms with Gasteiger partial charge in [-0.05, 0) is 0 Å². The molecule has 1 aromatic heterocycles. The molecule has 0 saturated heterocycles. The van der Waals surface area contributed by atoms with Gasteiger partial charge < -0.3 is 10.1 Å². The fourth-order valence-electron chi connectivity index (χ4n) is 0.818. The molecule has 3 nitrogen and oxygen atoms in total. The molecule has 0 fully saturated rings. The average molecular weight is 261 g/mol. The Balaban J connectivity index is 0.00000225. The van der Waals surface area contributed by atoms with E-state index in [2.05, 4.69) is 15.0 Å². The highest BCUT2D eigenvalue weighted by Gasteiger charge is 2.29. The molecule has 0 amide bonds. The third kappa shape index (κ3) is 4.52. The van der Waals surface area contributed by atoms with Crippen LogP contribution >= 0.6 is 12.4 Å². The maximum absolute atomic E-state index is 13.0. The van der Waals surface area contributed by atoms with Gasteiger partial charge in [-0.25, -0.2) is 9.37 Å². The molecule has 0 aromatic carbocycles. The number of pyridine rings is 1. The first kappa shape index (κ1) is 14.8. The summed E-state index contributed by atoms with van der Waals surface area (Å²) in [5, 5.41) is 2.59. The predicted octanol–water partition coefficient (Wildman–Crippen LogP) is 2.63. The Kier molecular flexibility index (Phi) is 5.29. The van der Waals surface area contributed by atoms with Crippen LogP contribution in [0.5, 0.6) is 5.88 Å². The zero-order valence-corrected chi connectivity index (χ0v) is 8.95. The monoisotopic (exact) mass is 260 g/mol. The lowest BCUT2D eigenvalue weighted by Crippen LogP contribution is -2.20. The van der Waals surface area contributed by atoms with Crippen molar-refractivity contribution in [2.45, 2.75) is 6.18 Å². The highest BCUT2D eigenvalue weighted by molar-refractivity contribution is 5.85. The van der Waals surface area contributed by atoms with E-state index in [1.54, 1.807) is 0 Å². The van der Waals surface area contributed by atoms with Crippen LogP contribution in [0.1, 0.15) is 0 Å². The fraction of sp³-hybridized carbons (Fsp3) is 0.375. The summed E-state index contributed by atoms with van der Waals surface area (Å²) in [5.41, 5.74) is 0.354. The van der Waals surface area contributed by atoms with E-state index < -0.39 is 24.5 Å². The molecule has 0 radical (unpaired) electrons. The topological polar surface area (TPSA) is 34.2 Å². The Labute approximate surface area is 95.2 Å². The van der Waals surface area contributed by atoms with Gasteiger partial charge in [0.2, 0.25) is 0 Å². The van der Waals surface area contributed by atoms with Crippen molar-refractivity contribution in [3.63, 3.8) is 0 Å². The van der Waals surface area contributed by atoms with Crippen LogP contribution in [0.15, 0.2) is 12.3 Å². The summed E-state index contributed by atoms with van der Waals surface area (Å²) in [5.74, 6) is -1.60. The van der Waals surface area contributed by atoms with Crippen molar-refractivity contribution in [2.24, 2.45) is 0 Å². The van der Waals surface area contributed by atoms with E-state index >= 15 is 0 Å². The van der Waals surface area contributed by atoms with Crippen molar-refractivity contribution >= 4 is 18.1 Å². The van der Waals surface area contributed by atoms with Crippen molar-refractivity contribution in [3.8, 4) is 5.88 Å². The molecule has 1 rings (SSSR count). The molecule has 16 heavy (non-hydrogen) atoms. The zero-order chi connectivity index (χ0) is 11.5. The molecule has 0 spiro atoms. The molecule has 1 N–H and O–H groups in total. The Bertz CT molecular complexity index is 345. The average Bonchev–Trinajstić information content (AvgIpc) is 2.14. The molecule has 0 atom stereocenters. The highest BCUT2D eigenvalue weighted by Crippen LogP contribution is 2.20. The molecule has 0 aliphatic heterocycles. The molecule has 8 heteroatoms. The van der Waals surface area contributed by atoms with Crippen LogP contribution < -0.4 is 10.1 Å². The van der Waals surface area contributed by atoms with Crippen LogP contribution in [-0.4, -0.2) is 24.8 Å². The van der Waals surface area contributed by atoms with Crippen molar-refractivity contribution < 1.29 is 22.3 Å². The van der Waals surface area contributed by atoms with E-state index in [1.807, 2.05) is 0 Å². The van der Waals surface area contributed by atoms with Gasteiger partial charge in [0.05, 0.1) is 11.9 Å². The van der Waals surface area contributed by atoms with Crippen molar-refractivity contribution in [3.05, 3.63) is 18.1 Å². The third-order valence-corrected chi connectivity index (χ3v) is 1.47. The Morgan fingerprint density at radius 1 is 1.44 bits per heavy atom. The fourth-order valence-corrected chi connectivity index (χ4v) is 0.818. The molecule has 0 aliphatic rings. The molecule has 0 unspecified atom stereocenters. The first-order valence-corrected chi connectivity index (χ1v) is 3.95. The van der Waals surface area contributed by atoms with E-state index in [1.165, 1.54) is 13.2 Å². The third-order valence-electron chi connectivity index (χ3n) is 1.47. The number of rotatable bonds is 3. The van der Waals surface area contributed by atoms with Crippen molar-refractivity contribution in [2.75, 3.05) is 19.0 Å². The quantitative estimate of drug-likeness (QED) is 0.849. The number of halogens is 5. The summed E-state index contributed by atoms with van der Waals surface area (Å²) >= 11 is 0. The first-order chi connectivity index (χ1) is 6.92. The zero-order valence-electron chi connectivity index (χ0n) is 8.14. The van der Waals surface area contributed by atoms with Crippen LogP contribution in [0, 0.1) is 5.82 Å². The number of anilines is 1. The number of aromatic nitrogens is 1. The number of nitrogens with one attached hydrogen (secondary N) is 1. The van der Waals surface area contributed by atoms with E-state index in [-0.39, 0.29) is 12.4 Å². The minimum Gasteiger partial charge on any atom is -0.466 e. The summed E-state index contributed by atoms with van der Waals surface area (Å²) in [4.78, 5) is 3.39. The molecular weight excluding hydrogens is 252 g/mol. The van der Waals surface area contributed by atoms with Gasteiger partial charge in [-0.1, -0.05) is 0 Å². The molecule has 0 bridgehead atoms. The molecular formula is C8H9ClF4N2O. The maximum Gasteiger partial charge on any atom is 0.422 e. The first-order valence-electron chi connectivity index (χ1n) is 3.95. The van der Waals surface area contributed by atoms with Crippen LogP contribution in [-0.2, 0) is 0 Å². The Hall–Kier alpha value is -1.24. The van der Waals surface area contributed by atoms with Crippen LogP contribution in [0.25, 0.3) is 0 Å². The normalized spacial score (nSPS) is 10.6. The van der Waals surface area contributed by atoms with Crippen molar-refractivity contribution in [1.29, 1.82) is 0 Å². The summed E-state index contributed by atoms with van der Waals surface area (Å²) in [6.07, 6.45) is -3.33. The Morgan fingerprint density at radius 3 is 2.50 bits per heavy atom. The van der Waals surface area contributed by atoms with Gasteiger partial charge in [0, 0.05) is 13.1 Å². The lowest BCUT2D eigenvalue weighted by molar-refractivity contribution is -0.154. The second-order valence-electron chi connectivity index (χ2n) is 2.66. The summed E-state index contributed by atoms with van der Waals surface area (Å²) in [6, 6.07) is 0.999. The van der Waals surface area contributed by atoms with Gasteiger partial charge in [0.15, 0.2) is 12.4 Å². The van der Waals surface area contributed by atoms with Crippen LogP contribution in [0.4, 0.5) is 23.2 Å². The summed E-state index contributed by atoms with van der Waals surface area (Å²) in [6.45, 7) is -1.56. The smallest absolute Gasteiger partial charge is 0.422 e. The SMILES string of the molecule is CNc1cnc(OCC(F)(F)F)c(F)c1.Cl. The largest absolute Gasteiger partial charge is 0.466 e. The van der Waals surface area contributed by atoms with E-state index in [9.17, 15) is 17.6 Å². The summed E-state index contributed by atoms with van der Waals surface area (Å²) in [7, 11) is 1.53. The number of alkyl halides is 3. The standard InChI is InChI=1S/C8H8F4N2O.ClH/c1-13-5-2-6(9)7(14-3-5)15-4-8(10,11)12;/h2-3,13H,4H2,1H3;1H. The molecule has 92 valence electrons. The second kappa shape index (κ2) is 5.74. The van der Waals surface area contributed by atoms with E-state index in [0.717, 1.165) is 6.07 Å². The van der Waals surface area contributed by atoms with Crippen molar-refractivity contribution in [1.82, 2.24) is 4.98 Å². The molecule has 0 saturated carbocycles. The maximum atomic E-state index is 13.0. The molecule has 0 aliphatic carbocycles. The molecule has 1 aromatic rings. The number of hydrogen-bond acceptors (Lipinski definition) is 3. The Morgan fingerprint density at radius 2 is 2.06 bits per heavy atom. The van der Waals surface area contributed by atoms with E-state index in [4.69, 9.17) is 0 Å². The number of nitrogens with zero attached hydrogens (tertiary/aromatic N) is 1. The number of ether oxygens (including phenoxy) is 1. The lowest BCUT2D eigenvalue weighted by atomic mass is 10.4. The minimum atomic E-state index is -4.50. The predicted molar refractivity (Wildman–Crippen MR) is 52.5 cm³/mol. The minimum absolute atomic E-state index is 0. The lowest BCUT2D eigenvalue weighted by Gasteiger charge is -2.09. The van der Waals surface area contributed by atoms with Crippen LogP contribution in [0.3, 0.4) is 0 Å². The van der Waals surface area contributed by atoms with Gasteiger partial charge in [-0.15, -0.1) is 12.4 Å². The van der Waals surface area contributed by atoms with Gasteiger partial charge in [-0.3, -0.25) is 0 Å². The van der Waals surface area contributed by atoms with E-state index in [0.29, 0.717) is 5.69 Å². The van der Waals surface area contributed by atoms with Gasteiger partial charge in [0.25, 0.3) is 5.88 Å². The highest BCUT2D eigenvalue weighted by atomic mass is 35.5. The molecule has 1 heterocycles. The summed E-state index contributed by atoms with van der Waals surface area (Å²) < 4.78 is 52.4. The second-order valence-corrected chi connectivity index (χ2v) is 2.66. The van der Waals surface area contributed by atoms with Gasteiger partial charge >= 0.3 is 6.18 Å². The van der Waals surface area contributed by atoms with Gasteiger partial charge in [0.1, 0.15) is 0 Å². The van der Waals surface area contributed by atoms with Crippen LogP contribution in [0.2, 0.25) is 0 Å².